The Kier molecular flexibility index (Phi) is 4.36. The number of anilines is 1. The summed E-state index contributed by atoms with van der Waals surface area (Å²) in [4.78, 5) is 18.7. The molecule has 6 nitrogen and oxygen atoms in total. The van der Waals surface area contributed by atoms with E-state index in [9.17, 15) is 26.7 Å². The van der Waals surface area contributed by atoms with E-state index in [0.29, 0.717) is 0 Å². The average Bonchev–Trinajstić information content (AvgIpc) is 3.04. The van der Waals surface area contributed by atoms with Crippen molar-refractivity contribution in [1.82, 2.24) is 19.7 Å². The molecule has 0 atom stereocenters. The molecule has 1 aromatic carbocycles. The lowest BCUT2D eigenvalue weighted by molar-refractivity contribution is -0.137. The summed E-state index contributed by atoms with van der Waals surface area (Å²) in [7, 11) is 0. The minimum atomic E-state index is -4.71. The molecule has 0 aliphatic carbocycles. The van der Waals surface area contributed by atoms with Crippen LogP contribution in [0.1, 0.15) is 15.9 Å². The second kappa shape index (κ2) is 6.50. The first-order chi connectivity index (χ1) is 12.3. The van der Waals surface area contributed by atoms with Crippen LogP contribution in [0.4, 0.5) is 27.8 Å². The molecule has 3 rings (SSSR count). The lowest BCUT2D eigenvalue weighted by atomic mass is 10.1. The highest BCUT2D eigenvalue weighted by atomic mass is 19.4. The Labute approximate surface area is 142 Å². The summed E-state index contributed by atoms with van der Waals surface area (Å²) in [5, 5.41) is 5.91. The maximum absolute atomic E-state index is 13.6. The van der Waals surface area contributed by atoms with E-state index < -0.39 is 40.8 Å². The Morgan fingerprint density at radius 2 is 1.81 bits per heavy atom. The number of nitrogens with zero attached hydrogens (tertiary/aromatic N) is 4. The summed E-state index contributed by atoms with van der Waals surface area (Å²) in [6.45, 7) is 0. The van der Waals surface area contributed by atoms with Crippen LogP contribution < -0.4 is 5.32 Å². The normalized spacial score (nSPS) is 11.4. The molecule has 2 heterocycles. The zero-order valence-corrected chi connectivity index (χ0v) is 12.6. The summed E-state index contributed by atoms with van der Waals surface area (Å²) in [6, 6.07) is 5.40. The maximum atomic E-state index is 13.6. The highest BCUT2D eigenvalue weighted by Crippen LogP contribution is 2.32. The monoisotopic (exact) mass is 369 g/mol. The van der Waals surface area contributed by atoms with Crippen molar-refractivity contribution in [3.63, 3.8) is 0 Å². The molecule has 0 bridgehead atoms. The molecule has 0 aliphatic rings. The summed E-state index contributed by atoms with van der Waals surface area (Å²) in [6.07, 6.45) is -2.79. The number of nitrogens with one attached hydrogen (secondary N) is 1. The van der Waals surface area contributed by atoms with Gasteiger partial charge in [0.1, 0.15) is 6.33 Å². The molecule has 0 unspecified atom stereocenters. The van der Waals surface area contributed by atoms with E-state index in [1.54, 1.807) is 0 Å². The van der Waals surface area contributed by atoms with Crippen LogP contribution in [0.5, 0.6) is 0 Å². The smallest absolute Gasteiger partial charge is 0.305 e. The molecule has 0 fully saturated rings. The molecule has 0 saturated heterocycles. The quantitative estimate of drug-likeness (QED) is 0.568. The van der Waals surface area contributed by atoms with Crippen molar-refractivity contribution in [2.45, 2.75) is 6.18 Å². The number of halogens is 5. The minimum absolute atomic E-state index is 0.176. The molecule has 2 aromatic heterocycles. The van der Waals surface area contributed by atoms with Gasteiger partial charge in [0.05, 0.1) is 11.1 Å². The molecule has 3 aromatic rings. The number of alkyl halides is 3. The molecule has 0 aliphatic heterocycles. The third-order valence-electron chi connectivity index (χ3n) is 3.25. The summed E-state index contributed by atoms with van der Waals surface area (Å²) >= 11 is 0. The number of amides is 1. The first kappa shape index (κ1) is 17.5. The molecule has 134 valence electrons. The van der Waals surface area contributed by atoms with Crippen molar-refractivity contribution in [2.24, 2.45) is 0 Å². The molecule has 1 amide bonds. The highest BCUT2D eigenvalue weighted by molar-refractivity contribution is 6.04. The first-order valence-electron chi connectivity index (χ1n) is 6.97. The molecule has 1 N–H and O–H groups in total. The van der Waals surface area contributed by atoms with Gasteiger partial charge >= 0.3 is 6.18 Å². The number of carbonyl (C=O) groups excluding carboxylic acids is 1. The van der Waals surface area contributed by atoms with Crippen LogP contribution in [-0.2, 0) is 6.18 Å². The van der Waals surface area contributed by atoms with Gasteiger partial charge in [-0.1, -0.05) is 12.1 Å². The Balaban J connectivity index is 1.87. The van der Waals surface area contributed by atoms with Gasteiger partial charge in [-0.15, -0.1) is 5.10 Å². The predicted octanol–water partition coefficient (Wildman–Crippen LogP) is 3.21. The fourth-order valence-corrected chi connectivity index (χ4v) is 2.12. The van der Waals surface area contributed by atoms with Crippen molar-refractivity contribution in [3.8, 4) is 5.82 Å². The maximum Gasteiger partial charge on any atom is 0.417 e. The van der Waals surface area contributed by atoms with Crippen LogP contribution in [-0.4, -0.2) is 25.7 Å². The number of aromatic nitrogens is 4. The van der Waals surface area contributed by atoms with Crippen LogP contribution >= 0.6 is 0 Å². The SMILES string of the molecule is O=C(Nc1ccn(-c2ncnc(F)c2F)n1)c1ccccc1C(F)(F)F. The van der Waals surface area contributed by atoms with Gasteiger partial charge in [-0.25, -0.2) is 14.6 Å². The second-order valence-electron chi connectivity index (χ2n) is 4.95. The van der Waals surface area contributed by atoms with E-state index in [0.717, 1.165) is 35.4 Å². The van der Waals surface area contributed by atoms with Crippen LogP contribution in [0.25, 0.3) is 5.82 Å². The minimum Gasteiger partial charge on any atom is -0.305 e. The second-order valence-corrected chi connectivity index (χ2v) is 4.95. The van der Waals surface area contributed by atoms with E-state index in [2.05, 4.69) is 20.4 Å². The molecule has 0 radical (unpaired) electrons. The fraction of sp³-hybridized carbons (Fsp3) is 0.0667. The highest BCUT2D eigenvalue weighted by Gasteiger charge is 2.34. The average molecular weight is 369 g/mol. The third kappa shape index (κ3) is 3.36. The molecule has 0 spiro atoms. The van der Waals surface area contributed by atoms with Crippen LogP contribution in [0.2, 0.25) is 0 Å². The molecular weight excluding hydrogens is 361 g/mol. The van der Waals surface area contributed by atoms with Gasteiger partial charge in [-0.05, 0) is 12.1 Å². The van der Waals surface area contributed by atoms with Gasteiger partial charge < -0.3 is 5.32 Å². The van der Waals surface area contributed by atoms with Crippen LogP contribution in [0.3, 0.4) is 0 Å². The number of rotatable bonds is 3. The summed E-state index contributed by atoms with van der Waals surface area (Å²) in [5.74, 6) is -4.51. The number of hydrogen-bond donors (Lipinski definition) is 1. The zero-order valence-electron chi connectivity index (χ0n) is 12.6. The largest absolute Gasteiger partial charge is 0.417 e. The molecule has 0 saturated carbocycles. The van der Waals surface area contributed by atoms with E-state index >= 15 is 0 Å². The van der Waals surface area contributed by atoms with Gasteiger partial charge in [0.25, 0.3) is 11.9 Å². The lowest BCUT2D eigenvalue weighted by Crippen LogP contribution is -2.19. The topological polar surface area (TPSA) is 72.7 Å². The zero-order chi connectivity index (χ0) is 18.9. The Morgan fingerprint density at radius 3 is 2.54 bits per heavy atom. The Bertz CT molecular complexity index is 969. The van der Waals surface area contributed by atoms with Crippen molar-refractivity contribution in [1.29, 1.82) is 0 Å². The molecule has 26 heavy (non-hydrogen) atoms. The van der Waals surface area contributed by atoms with E-state index in [4.69, 9.17) is 0 Å². The first-order valence-corrected chi connectivity index (χ1v) is 6.97. The van der Waals surface area contributed by atoms with E-state index in [1.165, 1.54) is 12.1 Å². The van der Waals surface area contributed by atoms with Crippen LogP contribution in [0.15, 0.2) is 42.9 Å². The van der Waals surface area contributed by atoms with Gasteiger partial charge in [0.15, 0.2) is 11.6 Å². The summed E-state index contributed by atoms with van der Waals surface area (Å²) in [5.41, 5.74) is -1.71. The van der Waals surface area contributed by atoms with Crippen molar-refractivity contribution in [3.05, 3.63) is 65.7 Å². The molecular formula is C15H8F5N5O. The number of carbonyl (C=O) groups is 1. The van der Waals surface area contributed by atoms with Crippen LogP contribution in [0, 0.1) is 11.8 Å². The van der Waals surface area contributed by atoms with E-state index in [1.807, 2.05) is 0 Å². The predicted molar refractivity (Wildman–Crippen MR) is 78.5 cm³/mol. The number of hydrogen-bond acceptors (Lipinski definition) is 4. The lowest BCUT2D eigenvalue weighted by Gasteiger charge is -2.11. The van der Waals surface area contributed by atoms with Gasteiger partial charge in [0.2, 0.25) is 5.82 Å². The summed E-state index contributed by atoms with van der Waals surface area (Å²) < 4.78 is 66.5. The van der Waals surface area contributed by atoms with Gasteiger partial charge in [-0.2, -0.15) is 22.0 Å². The number of benzene rings is 1. The Morgan fingerprint density at radius 1 is 1.08 bits per heavy atom. The van der Waals surface area contributed by atoms with Gasteiger partial charge in [0, 0.05) is 12.3 Å². The van der Waals surface area contributed by atoms with Gasteiger partial charge in [-0.3, -0.25) is 4.79 Å². The third-order valence-corrected chi connectivity index (χ3v) is 3.25. The standard InChI is InChI=1S/C15H8F5N5O/c16-11-12(17)21-7-22-13(11)25-6-5-10(24-25)23-14(26)8-3-1-2-4-9(8)15(18,19)20/h1-7H,(H,23,24,26). The fourth-order valence-electron chi connectivity index (χ4n) is 2.12. The van der Waals surface area contributed by atoms with E-state index in [-0.39, 0.29) is 5.82 Å². The molecule has 11 heteroatoms. The van der Waals surface area contributed by atoms with Crippen molar-refractivity contribution in [2.75, 3.05) is 5.32 Å². The Hall–Kier alpha value is -3.37. The van der Waals surface area contributed by atoms with Crippen molar-refractivity contribution < 1.29 is 26.7 Å². The van der Waals surface area contributed by atoms with Crippen molar-refractivity contribution >= 4 is 11.7 Å².